The van der Waals surface area contributed by atoms with E-state index in [2.05, 4.69) is 27.2 Å². The van der Waals surface area contributed by atoms with Gasteiger partial charge in [-0.2, -0.15) is 0 Å². The normalized spacial score (nSPS) is 20.4. The summed E-state index contributed by atoms with van der Waals surface area (Å²) in [6, 6.07) is 1.87. The van der Waals surface area contributed by atoms with E-state index in [1.165, 1.54) is 0 Å². The van der Waals surface area contributed by atoms with Crippen molar-refractivity contribution in [1.82, 2.24) is 9.97 Å². The second-order valence-electron chi connectivity index (χ2n) is 4.15. The minimum absolute atomic E-state index is 0.285. The number of aromatic nitrogens is 2. The molecule has 1 aliphatic rings. The molecule has 6 heteroatoms. The van der Waals surface area contributed by atoms with E-state index in [9.17, 15) is 0 Å². The molecule has 3 N–H and O–H groups in total. The lowest BCUT2D eigenvalue weighted by molar-refractivity contribution is 0.0381. The van der Waals surface area contributed by atoms with Gasteiger partial charge in [0.05, 0.1) is 12.7 Å². The van der Waals surface area contributed by atoms with Crippen LogP contribution in [0.15, 0.2) is 6.07 Å². The number of nitrogens with zero attached hydrogens (tertiary/aromatic N) is 3. The van der Waals surface area contributed by atoms with Crippen molar-refractivity contribution in [3.8, 4) is 0 Å². The number of nitrogen functional groups attached to an aromatic ring is 1. The highest BCUT2D eigenvalue weighted by Gasteiger charge is 2.20. The molecule has 0 saturated carbocycles. The Bertz CT molecular complexity index is 384. The quantitative estimate of drug-likeness (QED) is 0.595. The van der Waals surface area contributed by atoms with Gasteiger partial charge in [0.1, 0.15) is 17.5 Å². The summed E-state index contributed by atoms with van der Waals surface area (Å²) in [5, 5.41) is 0. The molecular formula is C11H19N5O. The van der Waals surface area contributed by atoms with Gasteiger partial charge in [-0.25, -0.2) is 15.8 Å². The van der Waals surface area contributed by atoms with Gasteiger partial charge in [-0.1, -0.05) is 6.92 Å². The minimum Gasteiger partial charge on any atom is -0.375 e. The fourth-order valence-electron chi connectivity index (χ4n) is 1.96. The van der Waals surface area contributed by atoms with E-state index >= 15 is 0 Å². The van der Waals surface area contributed by atoms with Crippen molar-refractivity contribution < 1.29 is 4.74 Å². The number of hydrogen-bond donors (Lipinski definition) is 2. The third-order valence-electron chi connectivity index (χ3n) is 2.89. The van der Waals surface area contributed by atoms with Crippen LogP contribution in [-0.2, 0) is 4.74 Å². The first-order chi connectivity index (χ1) is 8.22. The SMILES string of the molecule is CCC1CN(c2cc(NN)nc(C)n2)CCO1. The largest absolute Gasteiger partial charge is 0.375 e. The van der Waals surface area contributed by atoms with Crippen LogP contribution in [0.25, 0.3) is 0 Å². The molecule has 0 aliphatic carbocycles. The highest BCUT2D eigenvalue weighted by Crippen LogP contribution is 2.19. The second kappa shape index (κ2) is 5.29. The summed E-state index contributed by atoms with van der Waals surface area (Å²) >= 11 is 0. The first kappa shape index (κ1) is 12.1. The molecular weight excluding hydrogens is 218 g/mol. The molecule has 1 saturated heterocycles. The van der Waals surface area contributed by atoms with Crippen molar-refractivity contribution in [2.45, 2.75) is 26.4 Å². The molecule has 1 unspecified atom stereocenters. The van der Waals surface area contributed by atoms with Gasteiger partial charge in [0.2, 0.25) is 0 Å². The first-order valence-corrected chi connectivity index (χ1v) is 5.91. The summed E-state index contributed by atoms with van der Waals surface area (Å²) in [4.78, 5) is 10.8. The molecule has 94 valence electrons. The van der Waals surface area contributed by atoms with Gasteiger partial charge in [0, 0.05) is 19.2 Å². The molecule has 0 spiro atoms. The first-order valence-electron chi connectivity index (χ1n) is 5.91. The van der Waals surface area contributed by atoms with E-state index in [-0.39, 0.29) is 6.10 Å². The molecule has 1 aromatic heterocycles. The number of hydrogen-bond acceptors (Lipinski definition) is 6. The van der Waals surface area contributed by atoms with Crippen molar-refractivity contribution in [3.05, 3.63) is 11.9 Å². The highest BCUT2D eigenvalue weighted by atomic mass is 16.5. The lowest BCUT2D eigenvalue weighted by Gasteiger charge is -2.33. The molecule has 0 bridgehead atoms. The predicted molar refractivity (Wildman–Crippen MR) is 66.8 cm³/mol. The lowest BCUT2D eigenvalue weighted by atomic mass is 10.2. The second-order valence-corrected chi connectivity index (χ2v) is 4.15. The van der Waals surface area contributed by atoms with Crippen LogP contribution in [0.4, 0.5) is 11.6 Å². The Balaban J connectivity index is 2.18. The van der Waals surface area contributed by atoms with E-state index in [1.807, 2.05) is 13.0 Å². The topological polar surface area (TPSA) is 76.3 Å². The molecule has 6 nitrogen and oxygen atoms in total. The molecule has 0 amide bonds. The van der Waals surface area contributed by atoms with Gasteiger partial charge >= 0.3 is 0 Å². The van der Waals surface area contributed by atoms with E-state index < -0.39 is 0 Å². The van der Waals surface area contributed by atoms with Crippen molar-refractivity contribution in [2.24, 2.45) is 5.84 Å². The summed E-state index contributed by atoms with van der Waals surface area (Å²) in [5.41, 5.74) is 2.56. The molecule has 2 rings (SSSR count). The maximum atomic E-state index is 5.64. The van der Waals surface area contributed by atoms with Crippen LogP contribution in [0.2, 0.25) is 0 Å². The number of anilines is 2. The number of nitrogens with one attached hydrogen (secondary N) is 1. The van der Waals surface area contributed by atoms with Gasteiger partial charge in [-0.3, -0.25) is 0 Å². The Kier molecular flexibility index (Phi) is 3.75. The summed E-state index contributed by atoms with van der Waals surface area (Å²) in [6.07, 6.45) is 1.30. The summed E-state index contributed by atoms with van der Waals surface area (Å²) in [7, 11) is 0. The fraction of sp³-hybridized carbons (Fsp3) is 0.636. The molecule has 2 heterocycles. The van der Waals surface area contributed by atoms with Gasteiger partial charge in [-0.05, 0) is 13.3 Å². The standard InChI is InChI=1S/C11H19N5O/c1-3-9-7-16(4-5-17-9)11-6-10(15-12)13-8(2)14-11/h6,9H,3-5,7,12H2,1-2H3,(H,13,14,15). The van der Waals surface area contributed by atoms with Crippen LogP contribution in [0.5, 0.6) is 0 Å². The Hall–Kier alpha value is -1.40. The molecule has 1 aliphatic heterocycles. The number of aryl methyl sites for hydroxylation is 1. The number of ether oxygens (including phenoxy) is 1. The third kappa shape index (κ3) is 2.83. The molecule has 0 radical (unpaired) electrons. The van der Waals surface area contributed by atoms with Crippen LogP contribution < -0.4 is 16.2 Å². The third-order valence-corrected chi connectivity index (χ3v) is 2.89. The Morgan fingerprint density at radius 3 is 3.12 bits per heavy atom. The number of rotatable bonds is 3. The zero-order valence-electron chi connectivity index (χ0n) is 10.3. The molecule has 1 fully saturated rings. The fourth-order valence-corrected chi connectivity index (χ4v) is 1.96. The maximum absolute atomic E-state index is 5.64. The highest BCUT2D eigenvalue weighted by molar-refractivity contribution is 5.49. The number of nitrogens with two attached hydrogens (primary N) is 1. The van der Waals surface area contributed by atoms with Crippen molar-refractivity contribution in [3.63, 3.8) is 0 Å². The maximum Gasteiger partial charge on any atom is 0.145 e. The molecule has 1 atom stereocenters. The van der Waals surface area contributed by atoms with Crippen LogP contribution in [-0.4, -0.2) is 35.8 Å². The van der Waals surface area contributed by atoms with E-state index in [4.69, 9.17) is 10.6 Å². The lowest BCUT2D eigenvalue weighted by Crippen LogP contribution is -2.42. The van der Waals surface area contributed by atoms with Gasteiger partial charge < -0.3 is 15.1 Å². The summed E-state index contributed by atoms with van der Waals surface area (Å²) in [5.74, 6) is 7.66. The number of morpholine rings is 1. The van der Waals surface area contributed by atoms with Crippen LogP contribution in [0.1, 0.15) is 19.2 Å². The van der Waals surface area contributed by atoms with Crippen LogP contribution in [0.3, 0.4) is 0 Å². The van der Waals surface area contributed by atoms with Crippen molar-refractivity contribution in [1.29, 1.82) is 0 Å². The average molecular weight is 237 g/mol. The monoisotopic (exact) mass is 237 g/mol. The minimum atomic E-state index is 0.285. The van der Waals surface area contributed by atoms with Crippen LogP contribution >= 0.6 is 0 Å². The van der Waals surface area contributed by atoms with Gasteiger partial charge in [0.15, 0.2) is 0 Å². The average Bonchev–Trinajstić information content (AvgIpc) is 2.38. The summed E-state index contributed by atoms with van der Waals surface area (Å²) in [6.45, 7) is 6.47. The van der Waals surface area contributed by atoms with Gasteiger partial charge in [0.25, 0.3) is 0 Å². The molecule has 1 aromatic rings. The van der Waals surface area contributed by atoms with E-state index in [0.717, 1.165) is 37.8 Å². The number of hydrazine groups is 1. The van der Waals surface area contributed by atoms with Crippen molar-refractivity contribution in [2.75, 3.05) is 30.0 Å². The van der Waals surface area contributed by atoms with Crippen molar-refractivity contribution >= 4 is 11.6 Å². The zero-order chi connectivity index (χ0) is 12.3. The van der Waals surface area contributed by atoms with E-state index in [1.54, 1.807) is 0 Å². The molecule has 17 heavy (non-hydrogen) atoms. The Labute approximate surface area is 101 Å². The smallest absolute Gasteiger partial charge is 0.145 e. The summed E-state index contributed by atoms with van der Waals surface area (Å²) < 4.78 is 5.64. The Morgan fingerprint density at radius 1 is 1.59 bits per heavy atom. The van der Waals surface area contributed by atoms with E-state index in [0.29, 0.717) is 5.82 Å². The van der Waals surface area contributed by atoms with Gasteiger partial charge in [-0.15, -0.1) is 0 Å². The molecule has 0 aromatic carbocycles. The Morgan fingerprint density at radius 2 is 2.41 bits per heavy atom. The van der Waals surface area contributed by atoms with Crippen LogP contribution in [0, 0.1) is 6.92 Å². The zero-order valence-corrected chi connectivity index (χ0v) is 10.3. The predicted octanol–water partition coefficient (Wildman–Crippen LogP) is 0.686.